The molecule has 1 heterocycles. The number of fused-ring (bicyclic) bond motifs is 1. The van der Waals surface area contributed by atoms with E-state index in [9.17, 15) is 9.59 Å². The van der Waals surface area contributed by atoms with Gasteiger partial charge in [0.15, 0.2) is 0 Å². The van der Waals surface area contributed by atoms with E-state index in [0.717, 1.165) is 44.9 Å². The monoisotopic (exact) mass is 372 g/mol. The van der Waals surface area contributed by atoms with E-state index in [1.165, 1.54) is 0 Å². The summed E-state index contributed by atoms with van der Waals surface area (Å²) in [6.07, 6.45) is 7.21. The third-order valence-electron chi connectivity index (χ3n) is 10.2. The first-order valence-electron chi connectivity index (χ1n) is 11.4. The highest BCUT2D eigenvalue weighted by atomic mass is 16.6. The summed E-state index contributed by atoms with van der Waals surface area (Å²) in [5.74, 6) is 3.33. The van der Waals surface area contributed by atoms with Crippen molar-refractivity contribution in [2.24, 2.45) is 52.3 Å². The molecule has 0 unspecified atom stereocenters. The Balaban J connectivity index is 1.64. The van der Waals surface area contributed by atoms with Crippen molar-refractivity contribution in [2.75, 3.05) is 0 Å². The fourth-order valence-corrected chi connectivity index (χ4v) is 8.94. The first-order valence-corrected chi connectivity index (χ1v) is 11.4. The largest absolute Gasteiger partial charge is 0.458 e. The SMILES string of the molecule is CC(C)[C@@H]1C(=O)C[C@@]2(C)C[C@H]3[C@H](C)CC[C@]45C(=O)O[C@@]3(C[C@@H]12)[C@H]4CC[C@H]5C. The van der Waals surface area contributed by atoms with Crippen molar-refractivity contribution in [3.05, 3.63) is 0 Å². The number of ether oxygens (including phenoxy) is 1. The third kappa shape index (κ3) is 2.00. The lowest BCUT2D eigenvalue weighted by molar-refractivity contribution is -0.181. The summed E-state index contributed by atoms with van der Waals surface area (Å²) < 4.78 is 6.52. The van der Waals surface area contributed by atoms with Crippen LogP contribution in [-0.4, -0.2) is 17.4 Å². The lowest BCUT2D eigenvalue weighted by Crippen LogP contribution is -2.55. The van der Waals surface area contributed by atoms with Crippen molar-refractivity contribution in [2.45, 2.75) is 85.2 Å². The van der Waals surface area contributed by atoms with Crippen molar-refractivity contribution in [1.82, 2.24) is 0 Å². The van der Waals surface area contributed by atoms with Crippen LogP contribution in [0.1, 0.15) is 79.6 Å². The summed E-state index contributed by atoms with van der Waals surface area (Å²) in [7, 11) is 0. The Labute approximate surface area is 164 Å². The molecule has 5 aliphatic rings. The van der Waals surface area contributed by atoms with Gasteiger partial charge in [0.1, 0.15) is 11.4 Å². The average molecular weight is 373 g/mol. The van der Waals surface area contributed by atoms with E-state index in [4.69, 9.17) is 4.74 Å². The van der Waals surface area contributed by atoms with Crippen LogP contribution in [0.25, 0.3) is 0 Å². The number of carbonyl (C=O) groups is 2. The highest BCUT2D eigenvalue weighted by Crippen LogP contribution is 2.72. The molecule has 150 valence electrons. The van der Waals surface area contributed by atoms with Crippen molar-refractivity contribution in [1.29, 1.82) is 0 Å². The molecular formula is C24H36O3. The maximum atomic E-state index is 13.3. The van der Waals surface area contributed by atoms with Gasteiger partial charge in [0, 0.05) is 24.2 Å². The summed E-state index contributed by atoms with van der Waals surface area (Å²) in [6.45, 7) is 11.4. The Hall–Kier alpha value is -0.860. The van der Waals surface area contributed by atoms with Crippen molar-refractivity contribution in [3.8, 4) is 0 Å². The van der Waals surface area contributed by atoms with Crippen LogP contribution in [0.15, 0.2) is 0 Å². The minimum absolute atomic E-state index is 0.0996. The second-order valence-electron chi connectivity index (χ2n) is 11.6. The molecule has 0 aromatic rings. The molecule has 3 heteroatoms. The molecule has 0 amide bonds. The van der Waals surface area contributed by atoms with Crippen LogP contribution in [0.3, 0.4) is 0 Å². The van der Waals surface area contributed by atoms with Crippen LogP contribution in [0.2, 0.25) is 0 Å². The van der Waals surface area contributed by atoms with E-state index in [1.54, 1.807) is 0 Å². The normalized spacial score (nSPS) is 56.5. The summed E-state index contributed by atoms with van der Waals surface area (Å²) in [6, 6.07) is 0. The van der Waals surface area contributed by atoms with Crippen LogP contribution in [-0.2, 0) is 14.3 Å². The topological polar surface area (TPSA) is 43.4 Å². The molecule has 1 aliphatic heterocycles. The molecular weight excluding hydrogens is 336 g/mol. The molecule has 5 fully saturated rings. The molecule has 1 saturated heterocycles. The van der Waals surface area contributed by atoms with Gasteiger partial charge in [0.2, 0.25) is 0 Å². The molecule has 27 heavy (non-hydrogen) atoms. The fourth-order valence-electron chi connectivity index (χ4n) is 8.94. The molecule has 3 nitrogen and oxygen atoms in total. The molecule has 1 spiro atoms. The number of esters is 1. The Kier molecular flexibility index (Phi) is 3.63. The Morgan fingerprint density at radius 3 is 2.48 bits per heavy atom. The number of hydrogen-bond donors (Lipinski definition) is 0. The summed E-state index contributed by atoms with van der Waals surface area (Å²) >= 11 is 0. The third-order valence-corrected chi connectivity index (χ3v) is 10.2. The predicted molar refractivity (Wildman–Crippen MR) is 104 cm³/mol. The first-order chi connectivity index (χ1) is 12.7. The van der Waals surface area contributed by atoms with E-state index in [0.29, 0.717) is 41.3 Å². The summed E-state index contributed by atoms with van der Waals surface area (Å²) in [5, 5.41) is 0. The standard InChI is InChI=1S/C24H36O3/c1-13(2)20-17-11-24-16(10-22(17,5)12-18(20)25)14(3)8-9-23(21(26)27-24)15(4)6-7-19(23)24/h13-17,19-20H,6-12H2,1-5H3/t14-,15-,16+,17+,19+,20+,22-,23-,24-/m1/s1. The first kappa shape index (κ1) is 18.2. The number of ketones is 1. The minimum Gasteiger partial charge on any atom is -0.458 e. The molecule has 4 aliphatic carbocycles. The van der Waals surface area contributed by atoms with Crippen molar-refractivity contribution >= 4 is 11.8 Å². The maximum absolute atomic E-state index is 13.3. The van der Waals surface area contributed by atoms with E-state index in [-0.39, 0.29) is 28.3 Å². The number of rotatable bonds is 1. The highest BCUT2D eigenvalue weighted by Gasteiger charge is 2.75. The Morgan fingerprint density at radius 1 is 1.04 bits per heavy atom. The summed E-state index contributed by atoms with van der Waals surface area (Å²) in [5.41, 5.74) is -0.422. The quantitative estimate of drug-likeness (QED) is 0.607. The highest BCUT2D eigenvalue weighted by molar-refractivity contribution is 5.85. The molecule has 0 radical (unpaired) electrons. The second kappa shape index (κ2) is 5.39. The van der Waals surface area contributed by atoms with Crippen LogP contribution in [0.4, 0.5) is 0 Å². The van der Waals surface area contributed by atoms with Gasteiger partial charge in [-0.3, -0.25) is 9.59 Å². The minimum atomic E-state index is -0.292. The van der Waals surface area contributed by atoms with Gasteiger partial charge in [-0.1, -0.05) is 34.6 Å². The zero-order chi connectivity index (χ0) is 19.4. The van der Waals surface area contributed by atoms with Gasteiger partial charge in [-0.2, -0.15) is 0 Å². The maximum Gasteiger partial charge on any atom is 0.313 e. The van der Waals surface area contributed by atoms with Gasteiger partial charge in [-0.15, -0.1) is 0 Å². The zero-order valence-electron chi connectivity index (χ0n) is 17.7. The molecule has 0 aromatic carbocycles. The van der Waals surface area contributed by atoms with E-state index in [2.05, 4.69) is 34.6 Å². The van der Waals surface area contributed by atoms with Crippen LogP contribution in [0.5, 0.6) is 0 Å². The molecule has 5 rings (SSSR count). The lowest BCUT2D eigenvalue weighted by atomic mass is 9.52. The number of carbonyl (C=O) groups excluding carboxylic acids is 2. The lowest BCUT2D eigenvalue weighted by Gasteiger charge is -2.54. The van der Waals surface area contributed by atoms with Gasteiger partial charge in [-0.05, 0) is 67.6 Å². The molecule has 0 N–H and O–H groups in total. The van der Waals surface area contributed by atoms with Gasteiger partial charge >= 0.3 is 5.97 Å². The second-order valence-corrected chi connectivity index (χ2v) is 11.6. The van der Waals surface area contributed by atoms with Crippen molar-refractivity contribution in [3.63, 3.8) is 0 Å². The Morgan fingerprint density at radius 2 is 1.78 bits per heavy atom. The molecule has 0 aromatic heterocycles. The van der Waals surface area contributed by atoms with E-state index in [1.807, 2.05) is 0 Å². The smallest absolute Gasteiger partial charge is 0.313 e. The van der Waals surface area contributed by atoms with E-state index < -0.39 is 0 Å². The molecule has 2 bridgehead atoms. The number of Topliss-reactive ketones (excluding diaryl/α,β-unsaturated/α-hetero) is 1. The fraction of sp³-hybridized carbons (Fsp3) is 0.917. The van der Waals surface area contributed by atoms with Crippen LogP contribution < -0.4 is 0 Å². The van der Waals surface area contributed by atoms with Crippen LogP contribution >= 0.6 is 0 Å². The van der Waals surface area contributed by atoms with E-state index >= 15 is 0 Å². The van der Waals surface area contributed by atoms with Crippen molar-refractivity contribution < 1.29 is 14.3 Å². The zero-order valence-corrected chi connectivity index (χ0v) is 17.7. The van der Waals surface area contributed by atoms with Gasteiger partial charge in [0.25, 0.3) is 0 Å². The predicted octanol–water partition coefficient (Wildman–Crippen LogP) is 5.02. The van der Waals surface area contributed by atoms with Gasteiger partial charge < -0.3 is 4.74 Å². The average Bonchev–Trinajstić information content (AvgIpc) is 3.10. The molecule has 9 atom stereocenters. The van der Waals surface area contributed by atoms with Crippen LogP contribution in [0, 0.1) is 52.3 Å². The molecule has 4 saturated carbocycles. The number of hydrogen-bond acceptors (Lipinski definition) is 3. The summed E-state index contributed by atoms with van der Waals surface area (Å²) in [4.78, 5) is 26.3. The van der Waals surface area contributed by atoms with Gasteiger partial charge in [-0.25, -0.2) is 0 Å². The van der Waals surface area contributed by atoms with Gasteiger partial charge in [0.05, 0.1) is 5.41 Å². The Bertz CT molecular complexity index is 698.